The Kier molecular flexibility index (Phi) is 7.50. The Hall–Kier alpha value is -1.79. The molecule has 0 radical (unpaired) electrons. The largest absolute Gasteiger partial charge is 0.368 e. The molecule has 0 spiro atoms. The first-order chi connectivity index (χ1) is 12.2. The van der Waals surface area contributed by atoms with Crippen LogP contribution in [0.4, 0.5) is 5.69 Å². The van der Waals surface area contributed by atoms with E-state index in [0.717, 1.165) is 42.4 Å². The normalized spacial score (nSPS) is 14.5. The molecule has 3 aromatic rings. The van der Waals surface area contributed by atoms with Gasteiger partial charge in [-0.1, -0.05) is 35.9 Å². The average Bonchev–Trinajstić information content (AvgIpc) is 2.65. The maximum absolute atomic E-state index is 12.6. The fraction of sp³-hybridized carbons (Fsp3) is 0.263. The molecule has 1 fully saturated rings. The van der Waals surface area contributed by atoms with Crippen molar-refractivity contribution in [3.63, 3.8) is 0 Å². The summed E-state index contributed by atoms with van der Waals surface area (Å²) in [5, 5.41) is 1.45. The molecule has 144 valence electrons. The highest BCUT2D eigenvalue weighted by atomic mass is 35.5. The van der Waals surface area contributed by atoms with Crippen molar-refractivity contribution in [3.8, 4) is 0 Å². The summed E-state index contributed by atoms with van der Waals surface area (Å²) in [7, 11) is 0. The molecule has 1 aromatic heterocycles. The van der Waals surface area contributed by atoms with Crippen LogP contribution in [-0.4, -0.2) is 40.6 Å². The fourth-order valence-electron chi connectivity index (χ4n) is 3.26. The third-order valence-corrected chi connectivity index (χ3v) is 4.97. The lowest BCUT2D eigenvalue weighted by atomic mass is 10.2. The van der Waals surface area contributed by atoms with Crippen molar-refractivity contribution < 1.29 is 0 Å². The Balaban J connectivity index is 0.00000131. The SMILES string of the molecule is Cl.Cl.O=c1c2ccccc2ncn1CN1CCN(c2ccccc2Cl)CC1. The average molecular weight is 428 g/mol. The molecule has 4 rings (SSSR count). The minimum Gasteiger partial charge on any atom is -0.368 e. The van der Waals surface area contributed by atoms with E-state index in [0.29, 0.717) is 12.1 Å². The van der Waals surface area contributed by atoms with E-state index in [4.69, 9.17) is 11.6 Å². The van der Waals surface area contributed by atoms with Crippen molar-refractivity contribution in [2.45, 2.75) is 6.67 Å². The lowest BCUT2D eigenvalue weighted by Gasteiger charge is -2.36. The number of piperazine rings is 1. The van der Waals surface area contributed by atoms with Crippen molar-refractivity contribution in [3.05, 3.63) is 70.2 Å². The van der Waals surface area contributed by atoms with E-state index in [1.807, 2.05) is 42.5 Å². The first-order valence-electron chi connectivity index (χ1n) is 8.38. The van der Waals surface area contributed by atoms with E-state index >= 15 is 0 Å². The van der Waals surface area contributed by atoms with Crippen LogP contribution < -0.4 is 10.5 Å². The van der Waals surface area contributed by atoms with Gasteiger partial charge in [0.05, 0.1) is 34.6 Å². The first-order valence-corrected chi connectivity index (χ1v) is 8.76. The van der Waals surface area contributed by atoms with E-state index < -0.39 is 0 Å². The zero-order valence-electron chi connectivity index (χ0n) is 14.6. The topological polar surface area (TPSA) is 41.4 Å². The highest BCUT2D eigenvalue weighted by Crippen LogP contribution is 2.26. The molecule has 27 heavy (non-hydrogen) atoms. The predicted molar refractivity (Wildman–Crippen MR) is 116 cm³/mol. The van der Waals surface area contributed by atoms with Gasteiger partial charge in [-0.25, -0.2) is 4.98 Å². The van der Waals surface area contributed by atoms with Gasteiger partial charge >= 0.3 is 0 Å². The van der Waals surface area contributed by atoms with Gasteiger partial charge in [0.1, 0.15) is 0 Å². The molecule has 5 nitrogen and oxygen atoms in total. The van der Waals surface area contributed by atoms with E-state index in [1.165, 1.54) is 0 Å². The van der Waals surface area contributed by atoms with Crippen molar-refractivity contribution in [1.82, 2.24) is 14.5 Å². The Morgan fingerprint density at radius 2 is 1.59 bits per heavy atom. The molecule has 8 heteroatoms. The van der Waals surface area contributed by atoms with E-state index in [1.54, 1.807) is 10.9 Å². The van der Waals surface area contributed by atoms with Crippen LogP contribution in [0.3, 0.4) is 0 Å². The van der Waals surface area contributed by atoms with Gasteiger partial charge in [-0.15, -0.1) is 24.8 Å². The summed E-state index contributed by atoms with van der Waals surface area (Å²) in [5.41, 5.74) is 1.83. The van der Waals surface area contributed by atoms with E-state index in [-0.39, 0.29) is 30.4 Å². The summed E-state index contributed by atoms with van der Waals surface area (Å²) in [5.74, 6) is 0. The van der Waals surface area contributed by atoms with Gasteiger partial charge in [0.25, 0.3) is 5.56 Å². The van der Waals surface area contributed by atoms with Crippen LogP contribution in [0.25, 0.3) is 10.9 Å². The molecule has 0 atom stereocenters. The van der Waals surface area contributed by atoms with Gasteiger partial charge in [-0.3, -0.25) is 14.3 Å². The molecule has 0 amide bonds. The molecular weight excluding hydrogens is 407 g/mol. The van der Waals surface area contributed by atoms with E-state index in [2.05, 4.69) is 20.9 Å². The van der Waals surface area contributed by atoms with E-state index in [9.17, 15) is 4.79 Å². The standard InChI is InChI=1S/C19H19ClN4O.2ClH/c20-16-6-2-4-8-18(16)23-11-9-22(10-12-23)14-24-13-21-17-7-3-1-5-15(17)19(24)25;;/h1-8,13H,9-12,14H2;2*1H. The molecule has 0 N–H and O–H groups in total. The van der Waals surface area contributed by atoms with Crippen molar-refractivity contribution in [2.24, 2.45) is 0 Å². The van der Waals surface area contributed by atoms with Crippen LogP contribution in [0.15, 0.2) is 59.7 Å². The van der Waals surface area contributed by atoms with Crippen LogP contribution in [0.2, 0.25) is 5.02 Å². The van der Waals surface area contributed by atoms with Crippen molar-refractivity contribution >= 4 is 53.0 Å². The van der Waals surface area contributed by atoms with Crippen molar-refractivity contribution in [1.29, 1.82) is 0 Å². The lowest BCUT2D eigenvalue weighted by molar-refractivity contribution is 0.203. The van der Waals surface area contributed by atoms with Crippen molar-refractivity contribution in [2.75, 3.05) is 31.1 Å². The summed E-state index contributed by atoms with van der Waals surface area (Å²) in [4.78, 5) is 21.6. The second kappa shape index (κ2) is 9.42. The second-order valence-electron chi connectivity index (χ2n) is 6.23. The molecule has 2 aromatic carbocycles. The Labute approximate surface area is 175 Å². The molecule has 0 aliphatic carbocycles. The highest BCUT2D eigenvalue weighted by molar-refractivity contribution is 6.33. The quantitative estimate of drug-likeness (QED) is 0.639. The van der Waals surface area contributed by atoms with Gasteiger partial charge in [0, 0.05) is 26.2 Å². The summed E-state index contributed by atoms with van der Waals surface area (Å²) in [6.45, 7) is 4.10. The summed E-state index contributed by atoms with van der Waals surface area (Å²) >= 11 is 6.29. The van der Waals surface area contributed by atoms with Crippen LogP contribution in [0.5, 0.6) is 0 Å². The lowest BCUT2D eigenvalue weighted by Crippen LogP contribution is -2.47. The smallest absolute Gasteiger partial charge is 0.262 e. The summed E-state index contributed by atoms with van der Waals surface area (Å²) in [6.07, 6.45) is 1.64. The van der Waals surface area contributed by atoms with Gasteiger partial charge in [0.15, 0.2) is 0 Å². The minimum absolute atomic E-state index is 0. The zero-order valence-corrected chi connectivity index (χ0v) is 17.0. The molecule has 0 unspecified atom stereocenters. The summed E-state index contributed by atoms with van der Waals surface area (Å²) < 4.78 is 1.69. The molecular formula is C19H21Cl3N4O. The van der Waals surface area contributed by atoms with Crippen LogP contribution in [-0.2, 0) is 6.67 Å². The third kappa shape index (κ3) is 4.55. The first kappa shape index (κ1) is 21.5. The number of halogens is 3. The predicted octanol–water partition coefficient (Wildman–Crippen LogP) is 3.67. The molecule has 0 bridgehead atoms. The minimum atomic E-state index is 0. The number of benzene rings is 2. The second-order valence-corrected chi connectivity index (χ2v) is 6.64. The van der Waals surface area contributed by atoms with Crippen LogP contribution >= 0.6 is 36.4 Å². The maximum Gasteiger partial charge on any atom is 0.262 e. The molecule has 1 saturated heterocycles. The zero-order chi connectivity index (χ0) is 17.2. The van der Waals surface area contributed by atoms with Gasteiger partial charge in [0.2, 0.25) is 0 Å². The number of anilines is 1. The van der Waals surface area contributed by atoms with Gasteiger partial charge in [-0.2, -0.15) is 0 Å². The number of aromatic nitrogens is 2. The van der Waals surface area contributed by atoms with Crippen LogP contribution in [0, 0.1) is 0 Å². The maximum atomic E-state index is 12.6. The van der Waals surface area contributed by atoms with Crippen LogP contribution in [0.1, 0.15) is 0 Å². The third-order valence-electron chi connectivity index (χ3n) is 4.65. The molecule has 1 aliphatic rings. The highest BCUT2D eigenvalue weighted by Gasteiger charge is 2.19. The Morgan fingerprint density at radius 3 is 2.33 bits per heavy atom. The Bertz CT molecular complexity index is 955. The number of nitrogens with zero attached hydrogens (tertiary/aromatic N) is 4. The number of hydrogen-bond donors (Lipinski definition) is 0. The number of hydrogen-bond acceptors (Lipinski definition) is 4. The summed E-state index contributed by atoms with van der Waals surface area (Å²) in [6, 6.07) is 15.4. The molecule has 0 saturated carbocycles. The fourth-order valence-corrected chi connectivity index (χ4v) is 3.52. The monoisotopic (exact) mass is 426 g/mol. The van der Waals surface area contributed by atoms with Gasteiger partial charge < -0.3 is 4.90 Å². The molecule has 2 heterocycles. The van der Waals surface area contributed by atoms with Gasteiger partial charge in [-0.05, 0) is 24.3 Å². The Morgan fingerprint density at radius 1 is 0.926 bits per heavy atom. The number of fused-ring (bicyclic) bond motifs is 1. The number of rotatable bonds is 3. The molecule has 1 aliphatic heterocycles. The number of para-hydroxylation sites is 2.